The van der Waals surface area contributed by atoms with E-state index in [1.807, 2.05) is 6.92 Å². The van der Waals surface area contributed by atoms with Crippen LogP contribution in [0.4, 0.5) is 22.0 Å². The topological polar surface area (TPSA) is 18.5 Å². The Morgan fingerprint density at radius 3 is 2.21 bits per heavy atom. The molecule has 184 valence electrons. The first-order valence-electron chi connectivity index (χ1n) is 11.9. The van der Waals surface area contributed by atoms with E-state index in [1.54, 1.807) is 0 Å². The van der Waals surface area contributed by atoms with Crippen molar-refractivity contribution < 1.29 is 31.4 Å². The molecule has 0 radical (unpaired) electrons. The minimum absolute atomic E-state index is 0.0856. The Kier molecular flexibility index (Phi) is 9.21. The molecular weight excluding hydrogens is 439 g/mol. The summed E-state index contributed by atoms with van der Waals surface area (Å²) in [5, 5.41) is 0. The Labute approximate surface area is 192 Å². The number of hydrogen-bond donors (Lipinski definition) is 0. The molecule has 3 rings (SSSR count). The molecule has 2 saturated carbocycles. The van der Waals surface area contributed by atoms with Crippen molar-refractivity contribution in [2.45, 2.75) is 77.2 Å². The van der Waals surface area contributed by atoms with E-state index in [0.29, 0.717) is 24.7 Å². The number of alkyl halides is 2. The van der Waals surface area contributed by atoms with Crippen LogP contribution in [0.3, 0.4) is 0 Å². The highest BCUT2D eigenvalue weighted by Gasteiger charge is 2.45. The van der Waals surface area contributed by atoms with Gasteiger partial charge in [-0.1, -0.05) is 25.0 Å². The molecule has 0 aromatic heterocycles. The Bertz CT molecular complexity index is 803. The largest absolute Gasteiger partial charge is 0.456 e. The van der Waals surface area contributed by atoms with Crippen LogP contribution < -0.4 is 9.47 Å². The van der Waals surface area contributed by atoms with Gasteiger partial charge in [0.25, 0.3) is 0 Å². The molecule has 1 aromatic carbocycles. The first-order valence-corrected chi connectivity index (χ1v) is 11.9. The van der Waals surface area contributed by atoms with Crippen LogP contribution in [0.25, 0.3) is 0 Å². The molecule has 0 heterocycles. The molecule has 0 atom stereocenters. The summed E-state index contributed by atoms with van der Waals surface area (Å²) < 4.78 is 76.9. The van der Waals surface area contributed by atoms with Crippen molar-refractivity contribution in [3.63, 3.8) is 0 Å². The van der Waals surface area contributed by atoms with Crippen molar-refractivity contribution in [2.24, 2.45) is 23.7 Å². The minimum atomic E-state index is -3.42. The number of halogens is 5. The lowest BCUT2D eigenvalue weighted by molar-refractivity contribution is -0.224. The monoisotopic (exact) mass is 472 g/mol. The summed E-state index contributed by atoms with van der Waals surface area (Å²) >= 11 is 0. The lowest BCUT2D eigenvalue weighted by Gasteiger charge is -2.39. The van der Waals surface area contributed by atoms with Crippen molar-refractivity contribution in [1.82, 2.24) is 0 Å². The number of hydrogen-bond acceptors (Lipinski definition) is 2. The van der Waals surface area contributed by atoms with Gasteiger partial charge < -0.3 is 9.47 Å². The molecular formula is C26H33F5O2. The van der Waals surface area contributed by atoms with Gasteiger partial charge in [-0.15, -0.1) is 0 Å². The van der Waals surface area contributed by atoms with E-state index in [9.17, 15) is 22.0 Å². The highest BCUT2D eigenvalue weighted by Crippen LogP contribution is 2.46. The molecule has 0 unspecified atom stereocenters. The van der Waals surface area contributed by atoms with Crippen LogP contribution in [0.15, 0.2) is 42.7 Å². The van der Waals surface area contributed by atoms with Gasteiger partial charge in [-0.25, -0.2) is 4.39 Å². The highest BCUT2D eigenvalue weighted by molar-refractivity contribution is 5.33. The molecule has 2 nitrogen and oxygen atoms in total. The quantitative estimate of drug-likeness (QED) is 0.203. The zero-order chi connectivity index (χ0) is 23.8. The van der Waals surface area contributed by atoms with E-state index in [2.05, 4.69) is 16.9 Å². The van der Waals surface area contributed by atoms with Gasteiger partial charge in [-0.2, -0.15) is 17.6 Å². The summed E-state index contributed by atoms with van der Waals surface area (Å²) in [4.78, 5) is 0. The molecule has 0 bridgehead atoms. The van der Waals surface area contributed by atoms with E-state index >= 15 is 0 Å². The second-order valence-corrected chi connectivity index (χ2v) is 9.32. The molecule has 0 amide bonds. The average Bonchev–Trinajstić information content (AvgIpc) is 2.79. The SMILES string of the molecule is C/C=C/CCC1CCC(C2CCC(C(F)(F)Oc3ccc(OC=C(F)F)c(F)c3)CC2)CC1. The molecule has 33 heavy (non-hydrogen) atoms. The molecule has 2 aliphatic carbocycles. The van der Waals surface area contributed by atoms with Crippen molar-refractivity contribution in [3.05, 3.63) is 48.5 Å². The molecule has 1 aromatic rings. The number of rotatable bonds is 9. The van der Waals surface area contributed by atoms with Gasteiger partial charge in [0.05, 0.1) is 5.92 Å². The fourth-order valence-corrected chi connectivity index (χ4v) is 5.36. The van der Waals surface area contributed by atoms with Gasteiger partial charge in [0.1, 0.15) is 5.75 Å². The lowest BCUT2D eigenvalue weighted by atomic mass is 9.68. The van der Waals surface area contributed by atoms with Gasteiger partial charge >= 0.3 is 12.2 Å². The Balaban J connectivity index is 1.47. The first-order chi connectivity index (χ1) is 15.8. The summed E-state index contributed by atoms with van der Waals surface area (Å²) in [5.41, 5.74) is 0. The zero-order valence-electron chi connectivity index (χ0n) is 19.1. The van der Waals surface area contributed by atoms with E-state index in [0.717, 1.165) is 43.4 Å². The Hall–Kier alpha value is -2.05. The van der Waals surface area contributed by atoms with Gasteiger partial charge in [0.2, 0.25) is 0 Å². The summed E-state index contributed by atoms with van der Waals surface area (Å²) in [6, 6.07) is 2.82. The molecule has 0 saturated heterocycles. The molecule has 2 fully saturated rings. The molecule has 0 spiro atoms. The van der Waals surface area contributed by atoms with Crippen LogP contribution in [0.2, 0.25) is 0 Å². The predicted molar refractivity (Wildman–Crippen MR) is 118 cm³/mol. The summed E-state index contributed by atoms with van der Waals surface area (Å²) in [5.74, 6) is -0.909. The summed E-state index contributed by atoms with van der Waals surface area (Å²) in [7, 11) is 0. The normalized spacial score (nSPS) is 26.2. The van der Waals surface area contributed by atoms with Crippen molar-refractivity contribution in [2.75, 3.05) is 0 Å². The second-order valence-electron chi connectivity index (χ2n) is 9.32. The Morgan fingerprint density at radius 1 is 1.00 bits per heavy atom. The van der Waals surface area contributed by atoms with Crippen LogP contribution >= 0.6 is 0 Å². The third-order valence-corrected chi connectivity index (χ3v) is 7.21. The third-order valence-electron chi connectivity index (χ3n) is 7.21. The fourth-order valence-electron chi connectivity index (χ4n) is 5.36. The predicted octanol–water partition coefficient (Wildman–Crippen LogP) is 8.88. The Morgan fingerprint density at radius 2 is 1.64 bits per heavy atom. The lowest BCUT2D eigenvalue weighted by Crippen LogP contribution is -2.38. The molecule has 0 aliphatic heterocycles. The smallest absolute Gasteiger partial charge is 0.400 e. The molecule has 0 N–H and O–H groups in total. The van der Waals surface area contributed by atoms with Gasteiger partial charge in [0.15, 0.2) is 17.8 Å². The summed E-state index contributed by atoms with van der Waals surface area (Å²) in [6.45, 7) is 2.04. The van der Waals surface area contributed by atoms with E-state index in [1.165, 1.54) is 32.1 Å². The zero-order valence-corrected chi connectivity index (χ0v) is 19.1. The highest BCUT2D eigenvalue weighted by atomic mass is 19.3. The minimum Gasteiger partial charge on any atom is -0.456 e. The van der Waals surface area contributed by atoms with Crippen molar-refractivity contribution in [3.8, 4) is 11.5 Å². The van der Waals surface area contributed by atoms with Crippen LogP contribution in [-0.2, 0) is 0 Å². The van der Waals surface area contributed by atoms with E-state index in [4.69, 9.17) is 4.74 Å². The maximum absolute atomic E-state index is 14.8. The number of ether oxygens (including phenoxy) is 2. The number of allylic oxidation sites excluding steroid dienone is 2. The maximum atomic E-state index is 14.8. The van der Waals surface area contributed by atoms with Gasteiger partial charge in [-0.05, 0) is 88.2 Å². The van der Waals surface area contributed by atoms with Gasteiger partial charge in [-0.3, -0.25) is 0 Å². The van der Waals surface area contributed by atoms with Crippen LogP contribution in [0.1, 0.15) is 71.1 Å². The fraction of sp³-hybridized carbons (Fsp3) is 0.615. The standard InChI is InChI=1S/C26H33F5O2/c1-2-3-4-5-18-6-8-19(9-7-18)20-10-12-21(13-11-20)26(30,31)33-22-14-15-24(23(27)16-22)32-17-25(28)29/h2-3,14-21H,4-13H2,1H3/b3-2+. The van der Waals surface area contributed by atoms with Crippen LogP contribution in [0, 0.1) is 29.5 Å². The average molecular weight is 473 g/mol. The molecule has 7 heteroatoms. The molecule has 2 aliphatic rings. The van der Waals surface area contributed by atoms with Gasteiger partial charge in [0, 0.05) is 6.07 Å². The maximum Gasteiger partial charge on any atom is 0.400 e. The van der Waals surface area contributed by atoms with E-state index < -0.39 is 29.7 Å². The summed E-state index contributed by atoms with van der Waals surface area (Å²) in [6.07, 6.45) is 8.37. The van der Waals surface area contributed by atoms with Crippen LogP contribution in [0.5, 0.6) is 11.5 Å². The number of benzene rings is 1. The van der Waals surface area contributed by atoms with Crippen LogP contribution in [-0.4, -0.2) is 6.11 Å². The first kappa shape index (κ1) is 25.6. The van der Waals surface area contributed by atoms with E-state index in [-0.39, 0.29) is 12.0 Å². The van der Waals surface area contributed by atoms with Crippen molar-refractivity contribution >= 4 is 0 Å². The second kappa shape index (κ2) is 11.9. The third kappa shape index (κ3) is 7.47. The van der Waals surface area contributed by atoms with Crippen molar-refractivity contribution in [1.29, 1.82) is 0 Å².